The lowest BCUT2D eigenvalue weighted by Crippen LogP contribution is -2.52. The van der Waals surface area contributed by atoms with E-state index in [1.165, 1.54) is 0 Å². The average Bonchev–Trinajstić information content (AvgIpc) is 2.65. The van der Waals surface area contributed by atoms with Gasteiger partial charge in [0.25, 0.3) is 0 Å². The fraction of sp³-hybridized carbons (Fsp3) is 0.692. The van der Waals surface area contributed by atoms with Crippen LogP contribution in [0.5, 0.6) is 0 Å². The van der Waals surface area contributed by atoms with E-state index in [2.05, 4.69) is 28.9 Å². The van der Waals surface area contributed by atoms with Crippen molar-refractivity contribution in [3.63, 3.8) is 0 Å². The van der Waals surface area contributed by atoms with Gasteiger partial charge in [-0.05, 0) is 20.4 Å². The molecule has 1 unspecified atom stereocenters. The fourth-order valence-corrected chi connectivity index (χ4v) is 2.90. The zero-order valence-electron chi connectivity index (χ0n) is 12.3. The fourth-order valence-electron chi connectivity index (χ4n) is 2.90. The van der Waals surface area contributed by atoms with Gasteiger partial charge in [-0.1, -0.05) is 6.92 Å². The second-order valence-corrected chi connectivity index (χ2v) is 5.31. The monoisotopic (exact) mass is 264 g/mol. The Balaban J connectivity index is 2.34. The molecule has 0 spiro atoms. The Labute approximate surface area is 114 Å². The van der Waals surface area contributed by atoms with Crippen LogP contribution in [-0.4, -0.2) is 53.2 Å². The largest absolute Gasteiger partial charge is 0.384 e. The van der Waals surface area contributed by atoms with E-state index in [-0.39, 0.29) is 5.84 Å². The molecule has 1 aliphatic rings. The highest BCUT2D eigenvalue weighted by atomic mass is 15.4. The molecule has 0 radical (unpaired) electrons. The Morgan fingerprint density at radius 3 is 2.68 bits per heavy atom. The molecule has 3 N–H and O–H groups in total. The highest BCUT2D eigenvalue weighted by molar-refractivity contribution is 6.00. The van der Waals surface area contributed by atoms with Crippen LogP contribution in [0, 0.1) is 12.3 Å². The zero-order chi connectivity index (χ0) is 14.2. The van der Waals surface area contributed by atoms with Gasteiger partial charge in [0.2, 0.25) is 0 Å². The van der Waals surface area contributed by atoms with Gasteiger partial charge in [-0.15, -0.1) is 0 Å². The van der Waals surface area contributed by atoms with E-state index in [9.17, 15) is 0 Å². The number of nitrogens with one attached hydrogen (secondary N) is 1. The van der Waals surface area contributed by atoms with Crippen LogP contribution in [0.2, 0.25) is 0 Å². The topological polar surface area (TPSA) is 74.2 Å². The van der Waals surface area contributed by atoms with Crippen LogP contribution in [0.1, 0.15) is 24.6 Å². The molecule has 1 aromatic rings. The number of amidine groups is 1. The third-order valence-corrected chi connectivity index (χ3v) is 4.01. The lowest BCUT2D eigenvalue weighted by Gasteiger charge is -2.40. The van der Waals surface area contributed by atoms with E-state index in [0.717, 1.165) is 43.1 Å². The molecule has 1 saturated heterocycles. The molecule has 1 fully saturated rings. The van der Waals surface area contributed by atoms with Gasteiger partial charge in [0, 0.05) is 32.7 Å². The number of piperazine rings is 1. The number of rotatable bonds is 3. The first kappa shape index (κ1) is 13.9. The summed E-state index contributed by atoms with van der Waals surface area (Å²) in [6.07, 6.45) is 1.12. The second kappa shape index (κ2) is 5.21. The molecule has 0 bridgehead atoms. The molecule has 19 heavy (non-hydrogen) atoms. The summed E-state index contributed by atoms with van der Waals surface area (Å²) in [5.74, 6) is 1.09. The highest BCUT2D eigenvalue weighted by Crippen LogP contribution is 2.25. The predicted octanol–water partition coefficient (Wildman–Crippen LogP) is 0.543. The van der Waals surface area contributed by atoms with E-state index in [1.54, 1.807) is 0 Å². The Bertz CT molecular complexity index is 478. The van der Waals surface area contributed by atoms with Crippen molar-refractivity contribution in [2.75, 3.05) is 31.6 Å². The van der Waals surface area contributed by atoms with Gasteiger partial charge in [-0.3, -0.25) is 15.0 Å². The molecule has 1 aliphatic heterocycles. The smallest absolute Gasteiger partial charge is 0.137 e. The summed E-state index contributed by atoms with van der Waals surface area (Å²) in [5.41, 5.74) is 7.33. The zero-order valence-corrected chi connectivity index (χ0v) is 12.3. The van der Waals surface area contributed by atoms with Crippen LogP contribution in [-0.2, 0) is 7.05 Å². The van der Waals surface area contributed by atoms with Crippen LogP contribution >= 0.6 is 0 Å². The van der Waals surface area contributed by atoms with Crippen LogP contribution in [0.3, 0.4) is 0 Å². The van der Waals surface area contributed by atoms with Crippen molar-refractivity contribution in [3.8, 4) is 0 Å². The lowest BCUT2D eigenvalue weighted by molar-refractivity contribution is 0.212. The van der Waals surface area contributed by atoms with Crippen molar-refractivity contribution < 1.29 is 0 Å². The molecule has 6 nitrogen and oxygen atoms in total. The van der Waals surface area contributed by atoms with E-state index in [0.29, 0.717) is 6.04 Å². The SMILES string of the molecule is CCC1CN(c2c(C(=N)N)c(C)nn2C)CCN1C. The first-order valence-corrected chi connectivity index (χ1v) is 6.78. The summed E-state index contributed by atoms with van der Waals surface area (Å²) in [4.78, 5) is 4.71. The van der Waals surface area contributed by atoms with Gasteiger partial charge in [0.15, 0.2) is 0 Å². The Morgan fingerprint density at radius 2 is 2.11 bits per heavy atom. The minimum atomic E-state index is 0.104. The summed E-state index contributed by atoms with van der Waals surface area (Å²) in [7, 11) is 4.10. The molecule has 6 heteroatoms. The molecular weight excluding hydrogens is 240 g/mol. The predicted molar refractivity (Wildman–Crippen MR) is 77.9 cm³/mol. The number of likely N-dealkylation sites (N-methyl/N-ethyl adjacent to an activating group) is 1. The number of aryl methyl sites for hydroxylation is 2. The maximum atomic E-state index is 7.77. The number of anilines is 1. The summed E-state index contributed by atoms with van der Waals surface area (Å²) in [6, 6.07) is 0.545. The summed E-state index contributed by atoms with van der Waals surface area (Å²) < 4.78 is 1.85. The van der Waals surface area contributed by atoms with Gasteiger partial charge in [0.05, 0.1) is 11.3 Å². The first-order chi connectivity index (χ1) is 8.95. The third kappa shape index (κ3) is 2.45. The lowest BCUT2D eigenvalue weighted by atomic mass is 10.1. The summed E-state index contributed by atoms with van der Waals surface area (Å²) in [6.45, 7) is 7.07. The molecule has 0 saturated carbocycles. The van der Waals surface area contributed by atoms with Crippen LogP contribution < -0.4 is 10.6 Å². The first-order valence-electron chi connectivity index (χ1n) is 6.78. The van der Waals surface area contributed by atoms with Crippen molar-refractivity contribution in [2.45, 2.75) is 26.3 Å². The summed E-state index contributed by atoms with van der Waals surface area (Å²) in [5, 5.41) is 12.2. The minimum Gasteiger partial charge on any atom is -0.384 e. The normalized spacial score (nSPS) is 20.8. The van der Waals surface area contributed by atoms with Gasteiger partial charge in [-0.2, -0.15) is 5.10 Å². The number of aromatic nitrogens is 2. The van der Waals surface area contributed by atoms with Crippen molar-refractivity contribution in [1.29, 1.82) is 5.41 Å². The standard InChI is InChI=1S/C13H24N6/c1-5-10-8-19(7-6-17(10)3)13-11(12(14)15)9(2)16-18(13)4/h10H,5-8H2,1-4H3,(H3,14,15). The van der Waals surface area contributed by atoms with Crippen molar-refractivity contribution in [2.24, 2.45) is 12.8 Å². The van der Waals surface area contributed by atoms with Crippen molar-refractivity contribution in [3.05, 3.63) is 11.3 Å². The summed E-state index contributed by atoms with van der Waals surface area (Å²) >= 11 is 0. The van der Waals surface area contributed by atoms with E-state index in [1.807, 2.05) is 18.7 Å². The molecule has 1 atom stereocenters. The Kier molecular flexibility index (Phi) is 3.80. The molecule has 2 heterocycles. The average molecular weight is 264 g/mol. The Morgan fingerprint density at radius 1 is 1.42 bits per heavy atom. The van der Waals surface area contributed by atoms with Gasteiger partial charge >= 0.3 is 0 Å². The number of nitrogens with zero attached hydrogens (tertiary/aromatic N) is 4. The number of nitrogens with two attached hydrogens (primary N) is 1. The quantitative estimate of drug-likeness (QED) is 0.617. The van der Waals surface area contributed by atoms with Crippen LogP contribution in [0.4, 0.5) is 5.82 Å². The van der Waals surface area contributed by atoms with Gasteiger partial charge in [0.1, 0.15) is 11.7 Å². The maximum absolute atomic E-state index is 7.77. The molecule has 106 valence electrons. The number of hydrogen-bond donors (Lipinski definition) is 2. The van der Waals surface area contributed by atoms with Crippen LogP contribution in [0.15, 0.2) is 0 Å². The van der Waals surface area contributed by atoms with E-state index < -0.39 is 0 Å². The van der Waals surface area contributed by atoms with E-state index in [4.69, 9.17) is 11.1 Å². The highest BCUT2D eigenvalue weighted by Gasteiger charge is 2.28. The maximum Gasteiger partial charge on any atom is 0.137 e. The van der Waals surface area contributed by atoms with Crippen molar-refractivity contribution in [1.82, 2.24) is 14.7 Å². The van der Waals surface area contributed by atoms with E-state index >= 15 is 0 Å². The van der Waals surface area contributed by atoms with Gasteiger partial charge in [-0.25, -0.2) is 0 Å². The molecule has 0 amide bonds. The second-order valence-electron chi connectivity index (χ2n) is 5.31. The van der Waals surface area contributed by atoms with Gasteiger partial charge < -0.3 is 10.6 Å². The molecule has 1 aromatic heterocycles. The molecule has 0 aliphatic carbocycles. The third-order valence-electron chi connectivity index (χ3n) is 4.01. The number of nitrogen functional groups attached to an aromatic ring is 1. The van der Waals surface area contributed by atoms with Crippen molar-refractivity contribution >= 4 is 11.7 Å². The molecular formula is C13H24N6. The number of hydrogen-bond acceptors (Lipinski definition) is 4. The molecule has 2 rings (SSSR count). The molecule has 0 aromatic carbocycles. The van der Waals surface area contributed by atoms with Crippen LogP contribution in [0.25, 0.3) is 0 Å². The Hall–Kier alpha value is -1.56. The minimum absolute atomic E-state index is 0.104.